The minimum Gasteiger partial charge on any atom is -0.497 e. The lowest BCUT2D eigenvalue weighted by molar-refractivity contribution is -0.133. The molecule has 1 aliphatic heterocycles. The first kappa shape index (κ1) is 23.1. The maximum Gasteiger partial charge on any atom is 0.257 e. The maximum absolute atomic E-state index is 13.6. The van der Waals surface area contributed by atoms with Crippen LogP contribution in [0.5, 0.6) is 11.5 Å². The highest BCUT2D eigenvalue weighted by atomic mass is 16.5. The number of pyridine rings is 1. The predicted octanol–water partition coefficient (Wildman–Crippen LogP) is 3.89. The minimum atomic E-state index is -0.305. The fourth-order valence-electron chi connectivity index (χ4n) is 4.21. The number of hydrogen-bond donors (Lipinski definition) is 1. The van der Waals surface area contributed by atoms with Gasteiger partial charge in [-0.25, -0.2) is 4.98 Å². The van der Waals surface area contributed by atoms with Crippen molar-refractivity contribution in [2.75, 3.05) is 39.2 Å². The van der Waals surface area contributed by atoms with Gasteiger partial charge >= 0.3 is 0 Å². The van der Waals surface area contributed by atoms with Gasteiger partial charge < -0.3 is 24.6 Å². The summed E-state index contributed by atoms with van der Waals surface area (Å²) < 4.78 is 10.7. The van der Waals surface area contributed by atoms with Gasteiger partial charge in [0.05, 0.1) is 25.8 Å². The summed E-state index contributed by atoms with van der Waals surface area (Å²) in [5.74, 6) is 1.73. The van der Waals surface area contributed by atoms with Crippen molar-refractivity contribution in [3.8, 4) is 11.5 Å². The maximum atomic E-state index is 13.6. The lowest BCUT2D eigenvalue weighted by Gasteiger charge is -2.41. The van der Waals surface area contributed by atoms with E-state index in [0.29, 0.717) is 36.8 Å². The molecule has 1 saturated heterocycles. The van der Waals surface area contributed by atoms with Crippen molar-refractivity contribution < 1.29 is 19.1 Å². The van der Waals surface area contributed by atoms with Gasteiger partial charge in [0.15, 0.2) is 0 Å². The van der Waals surface area contributed by atoms with Crippen LogP contribution < -0.4 is 14.8 Å². The molecule has 1 atom stereocenters. The molecule has 3 aromatic rings. The zero-order valence-electron chi connectivity index (χ0n) is 19.5. The summed E-state index contributed by atoms with van der Waals surface area (Å²) in [6, 6.07) is 18.2. The molecule has 0 radical (unpaired) electrons. The molecule has 1 aliphatic rings. The molecular weight excluding hydrogens is 432 g/mol. The number of nitrogens with zero attached hydrogens (tertiary/aromatic N) is 3. The van der Waals surface area contributed by atoms with Crippen LogP contribution in [0.15, 0.2) is 66.9 Å². The molecule has 0 bridgehead atoms. The van der Waals surface area contributed by atoms with Crippen LogP contribution in [-0.2, 0) is 4.79 Å². The molecule has 2 heterocycles. The number of ether oxygens (including phenoxy) is 2. The van der Waals surface area contributed by atoms with Crippen molar-refractivity contribution >= 4 is 23.3 Å². The number of amides is 2. The van der Waals surface area contributed by atoms with Crippen molar-refractivity contribution in [1.82, 2.24) is 14.8 Å². The molecule has 176 valence electrons. The third-order valence-corrected chi connectivity index (χ3v) is 5.96. The van der Waals surface area contributed by atoms with Gasteiger partial charge in [-0.3, -0.25) is 9.59 Å². The van der Waals surface area contributed by atoms with Crippen molar-refractivity contribution in [1.29, 1.82) is 0 Å². The SMILES string of the molecule is COc1ccc(Nc2ncccc2C(=O)N2CCN(C(C)=O)C(c3ccccc3OC)C2)cc1. The van der Waals surface area contributed by atoms with Crippen LogP contribution in [0.4, 0.5) is 11.5 Å². The number of rotatable bonds is 6. The van der Waals surface area contributed by atoms with Crippen molar-refractivity contribution in [2.45, 2.75) is 13.0 Å². The summed E-state index contributed by atoms with van der Waals surface area (Å²) in [5, 5.41) is 3.23. The summed E-state index contributed by atoms with van der Waals surface area (Å²) in [7, 11) is 3.22. The van der Waals surface area contributed by atoms with Gasteiger partial charge in [-0.05, 0) is 42.5 Å². The summed E-state index contributed by atoms with van der Waals surface area (Å²) >= 11 is 0. The van der Waals surface area contributed by atoms with Crippen LogP contribution in [0, 0.1) is 0 Å². The van der Waals surface area contributed by atoms with E-state index in [1.54, 1.807) is 49.3 Å². The van der Waals surface area contributed by atoms with E-state index in [-0.39, 0.29) is 17.9 Å². The number of aromatic nitrogens is 1. The van der Waals surface area contributed by atoms with E-state index < -0.39 is 0 Å². The second kappa shape index (κ2) is 10.2. The number of nitrogens with one attached hydrogen (secondary N) is 1. The minimum absolute atomic E-state index is 0.0359. The Bertz CT molecular complexity index is 1170. The van der Waals surface area contributed by atoms with E-state index in [1.165, 1.54) is 0 Å². The number of methoxy groups -OCH3 is 2. The van der Waals surface area contributed by atoms with E-state index in [2.05, 4.69) is 10.3 Å². The quantitative estimate of drug-likeness (QED) is 0.601. The standard InChI is InChI=1S/C26H28N4O4/c1-18(31)30-16-15-29(17-23(30)21-7-4-5-9-24(21)34-3)26(32)22-8-6-14-27-25(22)28-19-10-12-20(33-2)13-11-19/h4-14,23H,15-17H2,1-3H3,(H,27,28). The third-order valence-electron chi connectivity index (χ3n) is 5.96. The highest BCUT2D eigenvalue weighted by molar-refractivity contribution is 5.99. The Labute approximate surface area is 199 Å². The fraction of sp³-hybridized carbons (Fsp3) is 0.269. The Morgan fingerprint density at radius 2 is 1.74 bits per heavy atom. The summed E-state index contributed by atoms with van der Waals surface area (Å²) in [6.45, 7) is 2.78. The van der Waals surface area contributed by atoms with E-state index >= 15 is 0 Å². The Morgan fingerprint density at radius 3 is 2.44 bits per heavy atom. The van der Waals surface area contributed by atoms with Gasteiger partial charge in [0, 0.05) is 44.0 Å². The van der Waals surface area contributed by atoms with Crippen molar-refractivity contribution in [2.24, 2.45) is 0 Å². The monoisotopic (exact) mass is 460 g/mol. The Kier molecular flexibility index (Phi) is 6.96. The van der Waals surface area contributed by atoms with Crippen LogP contribution >= 0.6 is 0 Å². The first-order valence-corrected chi connectivity index (χ1v) is 11.1. The number of carbonyl (C=O) groups excluding carboxylic acids is 2. The van der Waals surface area contributed by atoms with Crippen molar-refractivity contribution in [3.05, 3.63) is 78.0 Å². The first-order valence-electron chi connectivity index (χ1n) is 11.1. The van der Waals surface area contributed by atoms with E-state index in [4.69, 9.17) is 9.47 Å². The molecule has 8 heteroatoms. The molecule has 0 saturated carbocycles. The number of para-hydroxylation sites is 1. The normalized spacial score (nSPS) is 15.6. The van der Waals surface area contributed by atoms with E-state index in [0.717, 1.165) is 17.0 Å². The second-order valence-electron chi connectivity index (χ2n) is 7.97. The van der Waals surface area contributed by atoms with Crippen LogP contribution in [0.3, 0.4) is 0 Å². The van der Waals surface area contributed by atoms with Crippen LogP contribution in [0.2, 0.25) is 0 Å². The highest BCUT2D eigenvalue weighted by Crippen LogP contribution is 2.33. The lowest BCUT2D eigenvalue weighted by Crippen LogP contribution is -2.52. The van der Waals surface area contributed by atoms with E-state index in [9.17, 15) is 9.59 Å². The average molecular weight is 461 g/mol. The van der Waals surface area contributed by atoms with Crippen molar-refractivity contribution in [3.63, 3.8) is 0 Å². The molecule has 1 aromatic heterocycles. The zero-order chi connectivity index (χ0) is 24.1. The first-order chi connectivity index (χ1) is 16.5. The van der Waals surface area contributed by atoms with Crippen LogP contribution in [0.25, 0.3) is 0 Å². The van der Waals surface area contributed by atoms with Crippen LogP contribution in [0.1, 0.15) is 28.9 Å². The largest absolute Gasteiger partial charge is 0.497 e. The third kappa shape index (κ3) is 4.80. The van der Waals surface area contributed by atoms with Gasteiger partial charge in [0.2, 0.25) is 5.91 Å². The fourth-order valence-corrected chi connectivity index (χ4v) is 4.21. The molecule has 0 spiro atoms. The number of anilines is 2. The summed E-state index contributed by atoms with van der Waals surface area (Å²) in [6.07, 6.45) is 1.65. The van der Waals surface area contributed by atoms with Gasteiger partial charge in [0.1, 0.15) is 17.3 Å². The summed E-state index contributed by atoms with van der Waals surface area (Å²) in [5.41, 5.74) is 2.13. The van der Waals surface area contributed by atoms with Crippen LogP contribution in [-0.4, -0.2) is 60.5 Å². The molecule has 34 heavy (non-hydrogen) atoms. The lowest BCUT2D eigenvalue weighted by atomic mass is 10.0. The molecule has 1 unspecified atom stereocenters. The predicted molar refractivity (Wildman–Crippen MR) is 130 cm³/mol. The number of hydrogen-bond acceptors (Lipinski definition) is 6. The number of benzene rings is 2. The molecule has 0 aliphatic carbocycles. The topological polar surface area (TPSA) is 84.0 Å². The van der Waals surface area contributed by atoms with E-state index in [1.807, 2.05) is 48.5 Å². The molecule has 8 nitrogen and oxygen atoms in total. The smallest absolute Gasteiger partial charge is 0.257 e. The molecule has 1 N–H and O–H groups in total. The summed E-state index contributed by atoms with van der Waals surface area (Å²) in [4.78, 5) is 34.0. The zero-order valence-corrected chi connectivity index (χ0v) is 19.5. The Balaban J connectivity index is 1.60. The van der Waals surface area contributed by atoms with Gasteiger partial charge in [-0.2, -0.15) is 0 Å². The molecule has 2 amide bonds. The molecule has 2 aromatic carbocycles. The van der Waals surface area contributed by atoms with Gasteiger partial charge in [-0.15, -0.1) is 0 Å². The Hall–Kier alpha value is -4.07. The molecule has 1 fully saturated rings. The Morgan fingerprint density at radius 1 is 0.971 bits per heavy atom. The number of piperazine rings is 1. The molecule has 4 rings (SSSR count). The average Bonchev–Trinajstić information content (AvgIpc) is 2.88. The second-order valence-corrected chi connectivity index (χ2v) is 7.97. The van der Waals surface area contributed by atoms with Gasteiger partial charge in [-0.1, -0.05) is 18.2 Å². The number of carbonyl (C=O) groups is 2. The van der Waals surface area contributed by atoms with Gasteiger partial charge in [0.25, 0.3) is 5.91 Å². The highest BCUT2D eigenvalue weighted by Gasteiger charge is 2.34. The molecular formula is C26H28N4O4.